The topological polar surface area (TPSA) is 135 Å². The van der Waals surface area contributed by atoms with E-state index in [2.05, 4.69) is 43.7 Å². The summed E-state index contributed by atoms with van der Waals surface area (Å²) in [6, 6.07) is 4.07. The number of aliphatic hydroxyl groups is 2. The third-order valence-electron chi connectivity index (χ3n) is 9.69. The summed E-state index contributed by atoms with van der Waals surface area (Å²) in [6.45, 7) is 14.2. The molecule has 4 aliphatic rings. The van der Waals surface area contributed by atoms with Crippen molar-refractivity contribution in [1.82, 2.24) is 19.9 Å². The lowest BCUT2D eigenvalue weighted by Gasteiger charge is -2.17. The Morgan fingerprint density at radius 2 is 1.74 bits per heavy atom. The van der Waals surface area contributed by atoms with Gasteiger partial charge in [-0.25, -0.2) is 9.97 Å². The first kappa shape index (κ1) is 28.9. The standard InChI is InChI=1S/C35H40N4O4/c1-8-20-15(3)24-13-27-30(19(7)40)17(5)33(38-27)18(6)32-16(4)22(10-11-29(42)43)34(39-32)23-12-28(41)31-21(9-2)26(37-35(23)31)14-25(20)36-24/h12-14,16,19,22,37,39-41H,8-11H2,1-7H3,(H,42,43)/t16-,19+,22-/m0/s1. The number of fused-ring (bicyclic) bond motifs is 8. The van der Waals surface area contributed by atoms with Gasteiger partial charge < -0.3 is 25.3 Å². The van der Waals surface area contributed by atoms with Gasteiger partial charge in [0.2, 0.25) is 0 Å². The molecule has 8 nitrogen and oxygen atoms in total. The first-order valence-corrected chi connectivity index (χ1v) is 15.3. The molecule has 1 aliphatic carbocycles. The average Bonchev–Trinajstić information content (AvgIpc) is 3.71. The van der Waals surface area contributed by atoms with Gasteiger partial charge in [-0.15, -0.1) is 0 Å². The molecule has 0 fully saturated rings. The van der Waals surface area contributed by atoms with Gasteiger partial charge in [-0.2, -0.15) is 0 Å². The average molecular weight is 581 g/mol. The van der Waals surface area contributed by atoms with Crippen LogP contribution in [0.5, 0.6) is 0 Å². The molecule has 0 spiro atoms. The van der Waals surface area contributed by atoms with Crippen LogP contribution in [0.25, 0.3) is 45.2 Å². The molecule has 2 aromatic heterocycles. The van der Waals surface area contributed by atoms with E-state index < -0.39 is 12.1 Å². The molecule has 3 aliphatic heterocycles. The van der Waals surface area contributed by atoms with E-state index in [-0.39, 0.29) is 24.0 Å². The number of aliphatic carboxylic acids is 1. The van der Waals surface area contributed by atoms with Crippen molar-refractivity contribution in [3.63, 3.8) is 0 Å². The third-order valence-corrected chi connectivity index (χ3v) is 9.69. The molecular formula is C35H40N4O4. The van der Waals surface area contributed by atoms with Gasteiger partial charge in [0.15, 0.2) is 0 Å². The minimum atomic E-state index is -0.835. The van der Waals surface area contributed by atoms with Crippen LogP contribution in [0.1, 0.15) is 129 Å². The Balaban J connectivity index is 1.80. The number of nitrogens with zero attached hydrogens (tertiary/aromatic N) is 2. The predicted molar refractivity (Wildman–Crippen MR) is 172 cm³/mol. The summed E-state index contributed by atoms with van der Waals surface area (Å²) >= 11 is 0. The molecule has 0 aromatic carbocycles. The monoisotopic (exact) mass is 580 g/mol. The van der Waals surface area contributed by atoms with Gasteiger partial charge in [0, 0.05) is 51.9 Å². The Morgan fingerprint density at radius 3 is 2.40 bits per heavy atom. The molecule has 0 saturated heterocycles. The van der Waals surface area contributed by atoms with E-state index in [1.54, 1.807) is 13.0 Å². The second kappa shape index (κ2) is 10.5. The Kier molecular flexibility index (Phi) is 7.08. The first-order valence-electron chi connectivity index (χ1n) is 15.3. The van der Waals surface area contributed by atoms with E-state index in [1.165, 1.54) is 0 Å². The smallest absolute Gasteiger partial charge is 0.303 e. The number of rotatable bonds is 6. The maximum atomic E-state index is 11.7. The summed E-state index contributed by atoms with van der Waals surface area (Å²) in [7, 11) is 0. The summed E-state index contributed by atoms with van der Waals surface area (Å²) in [5, 5.41) is 31.8. The second-order valence-corrected chi connectivity index (χ2v) is 12.2. The van der Waals surface area contributed by atoms with Crippen molar-refractivity contribution in [2.45, 2.75) is 92.1 Å². The van der Waals surface area contributed by atoms with Crippen LogP contribution in [0, 0.1) is 6.92 Å². The number of aliphatic hydroxyl groups excluding tert-OH is 2. The van der Waals surface area contributed by atoms with E-state index in [1.807, 2.05) is 19.9 Å². The van der Waals surface area contributed by atoms with Crippen molar-refractivity contribution in [3.05, 3.63) is 68.6 Å². The molecule has 3 atom stereocenters. The Morgan fingerprint density at radius 1 is 1.00 bits per heavy atom. The Labute approximate surface area is 251 Å². The van der Waals surface area contributed by atoms with Gasteiger partial charge >= 0.3 is 5.97 Å². The van der Waals surface area contributed by atoms with Gasteiger partial charge in [-0.3, -0.25) is 4.79 Å². The van der Waals surface area contributed by atoms with Gasteiger partial charge in [0.1, 0.15) is 5.76 Å². The zero-order valence-electron chi connectivity index (χ0n) is 25.9. The van der Waals surface area contributed by atoms with Gasteiger partial charge in [-0.05, 0) is 93.0 Å². The van der Waals surface area contributed by atoms with Crippen molar-refractivity contribution in [3.8, 4) is 0 Å². The molecule has 5 heterocycles. The molecule has 0 unspecified atom stereocenters. The molecule has 6 rings (SSSR count). The quantitative estimate of drug-likeness (QED) is 0.238. The molecule has 5 N–H and O–H groups in total. The first-order chi connectivity index (χ1) is 20.5. The summed E-state index contributed by atoms with van der Waals surface area (Å²) in [5.41, 5.74) is 14.4. The highest BCUT2D eigenvalue weighted by Gasteiger charge is 2.35. The molecule has 43 heavy (non-hydrogen) atoms. The number of aryl methyl sites for hydroxylation is 1. The van der Waals surface area contributed by atoms with Crippen molar-refractivity contribution in [1.29, 1.82) is 0 Å². The number of carboxylic acid groups (broad SMARTS) is 1. The molecular weight excluding hydrogens is 540 g/mol. The minimum Gasteiger partial charge on any atom is -0.507 e. The molecule has 0 amide bonds. The van der Waals surface area contributed by atoms with Crippen LogP contribution < -0.4 is 0 Å². The van der Waals surface area contributed by atoms with Gasteiger partial charge in [0.25, 0.3) is 0 Å². The number of aromatic amines is 2. The zero-order valence-corrected chi connectivity index (χ0v) is 25.9. The number of carbonyl (C=O) groups is 1. The van der Waals surface area contributed by atoms with Crippen molar-refractivity contribution in [2.24, 2.45) is 0 Å². The molecule has 0 radical (unpaired) electrons. The van der Waals surface area contributed by atoms with E-state index in [9.17, 15) is 20.1 Å². The zero-order chi connectivity index (χ0) is 30.9. The van der Waals surface area contributed by atoms with Crippen LogP contribution in [-0.4, -0.2) is 47.3 Å². The molecule has 8 heteroatoms. The highest BCUT2D eigenvalue weighted by molar-refractivity contribution is 6.02. The molecule has 224 valence electrons. The number of aromatic nitrogens is 4. The largest absolute Gasteiger partial charge is 0.507 e. The third kappa shape index (κ3) is 4.42. The van der Waals surface area contributed by atoms with Crippen LogP contribution >= 0.6 is 0 Å². The van der Waals surface area contributed by atoms with Crippen LogP contribution in [-0.2, 0) is 11.2 Å². The summed E-state index contributed by atoms with van der Waals surface area (Å²) in [6.07, 6.45) is 3.10. The fraction of sp³-hybridized carbons (Fsp3) is 0.400. The number of H-pyrrole nitrogens is 2. The van der Waals surface area contributed by atoms with Crippen molar-refractivity contribution in [2.75, 3.05) is 0 Å². The normalized spacial score (nSPS) is 19.2. The summed E-state index contributed by atoms with van der Waals surface area (Å²) in [5.74, 6) is -0.745. The predicted octanol–water partition coefficient (Wildman–Crippen LogP) is 7.68. The lowest BCUT2D eigenvalue weighted by molar-refractivity contribution is -0.137. The molecule has 0 saturated carbocycles. The van der Waals surface area contributed by atoms with Crippen molar-refractivity contribution < 1.29 is 20.1 Å². The van der Waals surface area contributed by atoms with Crippen molar-refractivity contribution >= 4 is 51.1 Å². The highest BCUT2D eigenvalue weighted by atomic mass is 16.4. The summed E-state index contributed by atoms with van der Waals surface area (Å²) < 4.78 is 0. The van der Waals surface area contributed by atoms with E-state index >= 15 is 0 Å². The van der Waals surface area contributed by atoms with Crippen LogP contribution in [0.4, 0.5) is 0 Å². The van der Waals surface area contributed by atoms with Crippen LogP contribution in [0.3, 0.4) is 0 Å². The highest BCUT2D eigenvalue weighted by Crippen LogP contribution is 2.47. The lowest BCUT2D eigenvalue weighted by Crippen LogP contribution is -2.07. The number of nitrogens with one attached hydrogen (secondary N) is 2. The lowest BCUT2D eigenvalue weighted by atomic mass is 9.84. The SMILES string of the molecule is CCC1=C(C)c2cc3nc(c(C)c4[nH]c(c5c6[nH]c(cc1n2)c(CC)c6C(O)=C5)[C@@H](CCC(=O)O)[C@@H]4C)C(C)=C3[C@@H](C)O. The maximum absolute atomic E-state index is 11.7. The van der Waals surface area contributed by atoms with Crippen LogP contribution in [0.15, 0.2) is 12.1 Å². The Hall–Kier alpha value is -4.17. The molecule has 8 bridgehead atoms. The number of allylic oxidation sites excluding steroid dienone is 3. The Bertz CT molecular complexity index is 1870. The number of hydrogen-bond acceptors (Lipinski definition) is 5. The van der Waals surface area contributed by atoms with Gasteiger partial charge in [0.05, 0.1) is 34.4 Å². The van der Waals surface area contributed by atoms with E-state index in [0.29, 0.717) is 18.5 Å². The minimum absolute atomic E-state index is 0.0180. The maximum Gasteiger partial charge on any atom is 0.303 e. The fourth-order valence-corrected chi connectivity index (χ4v) is 7.52. The van der Waals surface area contributed by atoms with E-state index in [0.717, 1.165) is 90.5 Å². The second-order valence-electron chi connectivity index (χ2n) is 12.2. The van der Waals surface area contributed by atoms with Gasteiger partial charge in [-0.1, -0.05) is 20.8 Å². The summed E-state index contributed by atoms with van der Waals surface area (Å²) in [4.78, 5) is 29.2. The van der Waals surface area contributed by atoms with Crippen LogP contribution in [0.2, 0.25) is 0 Å². The van der Waals surface area contributed by atoms with E-state index in [4.69, 9.17) is 9.97 Å². The number of carboxylic acids is 1. The molecule has 2 aromatic rings. The number of hydrogen-bond donors (Lipinski definition) is 5. The fourth-order valence-electron chi connectivity index (χ4n) is 7.52.